The molecule has 0 aliphatic carbocycles. The zero-order valence-corrected chi connectivity index (χ0v) is 42.3. The van der Waals surface area contributed by atoms with Crippen molar-refractivity contribution in [2.45, 2.75) is 104 Å². The molecule has 4 amide bonds. The zero-order valence-electron chi connectivity index (χ0n) is 42.3. The number of hydrogen-bond donors (Lipinski definition) is 4. The van der Waals surface area contributed by atoms with Gasteiger partial charge in [0.05, 0.1) is 74.6 Å². The molecule has 4 aromatic heterocycles. The SMILES string of the molecule is COC(=O)N[C@H](C(=O)N1C[C@@H](n2cc(COC(C)=O)nn2)CC1c1ncc(-c2ccc(-c3ccc(-c4cnc([C@@H]5C[C@H](n6cc(COC(C)=O)nn6)CN5C(=O)[C@@H](NC(=O)OC)C(C)C)[nH]4)cc3)cc2)[nH]1)C(C)C. The Labute approximate surface area is 425 Å². The Morgan fingerprint density at radius 1 is 0.595 bits per heavy atom. The van der Waals surface area contributed by atoms with Crippen molar-refractivity contribution in [2.24, 2.45) is 11.8 Å². The minimum atomic E-state index is -0.869. The Kier molecular flexibility index (Phi) is 15.8. The summed E-state index contributed by atoms with van der Waals surface area (Å²) in [6.07, 6.45) is 6.29. The molecule has 24 heteroatoms. The van der Waals surface area contributed by atoms with E-state index in [0.717, 1.165) is 33.6 Å². The number of H-pyrrole nitrogens is 2. The van der Waals surface area contributed by atoms with E-state index in [1.807, 2.05) is 76.2 Å². The Balaban J connectivity index is 0.980. The third-order valence-electron chi connectivity index (χ3n) is 13.2. The maximum atomic E-state index is 14.2. The number of carbonyl (C=O) groups is 6. The van der Waals surface area contributed by atoms with Crippen LogP contribution in [0.15, 0.2) is 73.3 Å². The van der Waals surface area contributed by atoms with Gasteiger partial charge in [0.25, 0.3) is 0 Å². The molecule has 2 aliphatic rings. The fourth-order valence-corrected chi connectivity index (χ4v) is 9.23. The number of nitrogens with one attached hydrogen (secondary N) is 4. The maximum Gasteiger partial charge on any atom is 0.407 e. The predicted molar refractivity (Wildman–Crippen MR) is 263 cm³/mol. The number of rotatable bonds is 17. The Hall–Kier alpha value is -8.44. The highest BCUT2D eigenvalue weighted by Crippen LogP contribution is 2.40. The number of amides is 4. The van der Waals surface area contributed by atoms with Crippen molar-refractivity contribution in [3.63, 3.8) is 0 Å². The minimum absolute atomic E-state index is 0.0328. The van der Waals surface area contributed by atoms with Crippen molar-refractivity contribution >= 4 is 35.9 Å². The zero-order chi connectivity index (χ0) is 52.8. The van der Waals surface area contributed by atoms with Crippen molar-refractivity contribution in [1.29, 1.82) is 0 Å². The van der Waals surface area contributed by atoms with Gasteiger partial charge in [0.15, 0.2) is 0 Å². The van der Waals surface area contributed by atoms with Crippen molar-refractivity contribution in [3.8, 4) is 33.6 Å². The number of alkyl carbamates (subject to hydrolysis) is 2. The highest BCUT2D eigenvalue weighted by Gasteiger charge is 2.44. The van der Waals surface area contributed by atoms with Crippen molar-refractivity contribution in [1.82, 2.24) is 70.4 Å². The lowest BCUT2D eigenvalue weighted by Crippen LogP contribution is -2.51. The normalized spacial score (nSPS) is 18.3. The fraction of sp³-hybridized carbons (Fsp3) is 0.440. The summed E-state index contributed by atoms with van der Waals surface area (Å²) in [7, 11) is 2.49. The number of imidazole rings is 2. The van der Waals surface area contributed by atoms with E-state index < -0.39 is 48.3 Å². The fourth-order valence-electron chi connectivity index (χ4n) is 9.23. The molecular formula is C50H60N14O10. The minimum Gasteiger partial charge on any atom is -0.459 e. The number of nitrogens with zero attached hydrogens (tertiary/aromatic N) is 10. The van der Waals surface area contributed by atoms with Crippen molar-refractivity contribution < 1.29 is 47.7 Å². The van der Waals surface area contributed by atoms with E-state index >= 15 is 0 Å². The van der Waals surface area contributed by atoms with Gasteiger partial charge < -0.3 is 49.3 Å². The van der Waals surface area contributed by atoms with Gasteiger partial charge in [0.2, 0.25) is 11.8 Å². The molecule has 390 valence electrons. The van der Waals surface area contributed by atoms with Gasteiger partial charge in [-0.2, -0.15) is 0 Å². The molecule has 2 aliphatic heterocycles. The third-order valence-corrected chi connectivity index (χ3v) is 13.2. The molecule has 6 heterocycles. The summed E-state index contributed by atoms with van der Waals surface area (Å²) < 4.78 is 23.2. The maximum absolute atomic E-state index is 14.2. The highest BCUT2D eigenvalue weighted by atomic mass is 16.5. The van der Waals surface area contributed by atoms with Gasteiger partial charge in [-0.3, -0.25) is 19.2 Å². The number of likely N-dealkylation sites (tertiary alicyclic amines) is 2. The first kappa shape index (κ1) is 51.9. The Bertz CT molecular complexity index is 2760. The van der Waals surface area contributed by atoms with Crippen LogP contribution in [-0.2, 0) is 51.3 Å². The molecular weight excluding hydrogens is 957 g/mol. The van der Waals surface area contributed by atoms with Crippen LogP contribution in [0, 0.1) is 11.8 Å². The molecule has 24 nitrogen and oxygen atoms in total. The van der Waals surface area contributed by atoms with Crippen LogP contribution >= 0.6 is 0 Å². The second-order valence-corrected chi connectivity index (χ2v) is 19.0. The van der Waals surface area contributed by atoms with Gasteiger partial charge in [-0.25, -0.2) is 28.9 Å². The van der Waals surface area contributed by atoms with Crippen LogP contribution in [0.2, 0.25) is 0 Å². The van der Waals surface area contributed by atoms with Gasteiger partial charge in [-0.15, -0.1) is 10.2 Å². The van der Waals surface area contributed by atoms with E-state index in [-0.39, 0.29) is 62.0 Å². The summed E-state index contributed by atoms with van der Waals surface area (Å²) in [5.41, 5.74) is 6.08. The third kappa shape index (κ3) is 11.7. The van der Waals surface area contributed by atoms with Crippen LogP contribution in [0.3, 0.4) is 0 Å². The molecule has 4 N–H and O–H groups in total. The molecule has 0 radical (unpaired) electrons. The quantitative estimate of drug-likeness (QED) is 0.0672. The molecule has 1 unspecified atom stereocenters. The molecule has 74 heavy (non-hydrogen) atoms. The summed E-state index contributed by atoms with van der Waals surface area (Å²) in [5.74, 6) is -0.871. The smallest absolute Gasteiger partial charge is 0.407 e. The molecule has 2 saturated heterocycles. The van der Waals surface area contributed by atoms with E-state index in [4.69, 9.17) is 28.9 Å². The van der Waals surface area contributed by atoms with Gasteiger partial charge >= 0.3 is 24.1 Å². The number of carbonyl (C=O) groups excluding carboxylic acids is 6. The van der Waals surface area contributed by atoms with Gasteiger partial charge in [-0.05, 0) is 46.9 Å². The van der Waals surface area contributed by atoms with Gasteiger partial charge in [-0.1, -0.05) is 86.7 Å². The highest BCUT2D eigenvalue weighted by molar-refractivity contribution is 5.87. The van der Waals surface area contributed by atoms with Crippen molar-refractivity contribution in [2.75, 3.05) is 27.3 Å². The van der Waals surface area contributed by atoms with Crippen LogP contribution in [-0.4, -0.2) is 135 Å². The lowest BCUT2D eigenvalue weighted by molar-refractivity contribution is -0.143. The molecule has 0 saturated carbocycles. The van der Waals surface area contributed by atoms with E-state index in [1.165, 1.54) is 28.1 Å². The summed E-state index contributed by atoms with van der Waals surface area (Å²) >= 11 is 0. The first-order chi connectivity index (χ1) is 35.5. The van der Waals surface area contributed by atoms with Crippen LogP contribution in [0.4, 0.5) is 9.59 Å². The van der Waals surface area contributed by atoms with Crippen LogP contribution < -0.4 is 10.6 Å². The average Bonchev–Trinajstić information content (AvgIpc) is 4.26. The van der Waals surface area contributed by atoms with E-state index in [9.17, 15) is 28.8 Å². The number of hydrogen-bond acceptors (Lipinski definition) is 16. The number of ether oxygens (including phenoxy) is 4. The summed E-state index contributed by atoms with van der Waals surface area (Å²) in [4.78, 5) is 95.8. The number of aromatic nitrogens is 10. The lowest BCUT2D eigenvalue weighted by atomic mass is 10.0. The van der Waals surface area contributed by atoms with Crippen LogP contribution in [0.5, 0.6) is 0 Å². The topological polar surface area (TPSA) is 289 Å². The Morgan fingerprint density at radius 3 is 1.30 bits per heavy atom. The van der Waals surface area contributed by atoms with E-state index in [2.05, 4.69) is 41.2 Å². The molecule has 2 aromatic carbocycles. The van der Waals surface area contributed by atoms with E-state index in [1.54, 1.807) is 44.0 Å². The van der Waals surface area contributed by atoms with Crippen LogP contribution in [0.1, 0.15) is 102 Å². The average molecular weight is 1020 g/mol. The van der Waals surface area contributed by atoms with E-state index in [0.29, 0.717) is 35.9 Å². The first-order valence-electron chi connectivity index (χ1n) is 24.2. The summed E-state index contributed by atoms with van der Waals surface area (Å²) in [6.45, 7) is 10.4. The first-order valence-corrected chi connectivity index (χ1v) is 24.2. The summed E-state index contributed by atoms with van der Waals surface area (Å²) in [5, 5.41) is 22.3. The molecule has 2 fully saturated rings. The van der Waals surface area contributed by atoms with Crippen LogP contribution in [0.25, 0.3) is 33.6 Å². The monoisotopic (exact) mass is 1020 g/mol. The lowest BCUT2D eigenvalue weighted by Gasteiger charge is -2.29. The largest absolute Gasteiger partial charge is 0.459 e. The Morgan fingerprint density at radius 2 is 0.959 bits per heavy atom. The predicted octanol–water partition coefficient (Wildman–Crippen LogP) is 5.23. The number of esters is 2. The van der Waals surface area contributed by atoms with Gasteiger partial charge in [0, 0.05) is 26.9 Å². The van der Waals surface area contributed by atoms with Crippen molar-refractivity contribution in [3.05, 3.63) is 96.4 Å². The van der Waals surface area contributed by atoms with Gasteiger partial charge in [0.1, 0.15) is 48.3 Å². The standard InChI is InChI=1S/C50H60N14O10/c1-27(2)43(55-49(69)71-7)47(67)61-23-37(63-21-35(57-59-63)25-73-29(5)65)17-41(61)45-51-19-39(53-45)33-13-9-31(10-14-33)32-11-15-34(16-12-32)40-20-52-46(54-40)42-18-38(64-22-36(58-60-64)26-74-30(6)66)24-62(42)48(68)44(28(3)4)56-50(70)72-8/h9-16,19-22,27-28,37-38,41-44H,17-18,23-26H2,1-8H3,(H,51,53)(H,52,54)(H,55,69)(H,56,70)/t37-,38-,41-,42?,43-,44-/m0/s1. The molecule has 6 atom stereocenters. The number of benzene rings is 2. The molecule has 0 spiro atoms. The molecule has 0 bridgehead atoms. The number of aromatic amines is 2. The molecule has 6 aromatic rings. The summed E-state index contributed by atoms with van der Waals surface area (Å²) in [6, 6.07) is 12.7. The molecule has 8 rings (SSSR count). The second-order valence-electron chi connectivity index (χ2n) is 19.0. The number of methoxy groups -OCH3 is 2. The second kappa shape index (κ2) is 22.5.